The van der Waals surface area contributed by atoms with Crippen LogP contribution in [0.15, 0.2) is 58.3 Å². The van der Waals surface area contributed by atoms with Crippen molar-refractivity contribution in [2.75, 3.05) is 38.5 Å². The molecule has 1 aliphatic heterocycles. The first kappa shape index (κ1) is 19.8. The Morgan fingerprint density at radius 2 is 1.63 bits per heavy atom. The average molecular weight is 406 g/mol. The van der Waals surface area contributed by atoms with Crippen LogP contribution in [0.3, 0.4) is 0 Å². The van der Waals surface area contributed by atoms with Gasteiger partial charge in [-0.1, -0.05) is 0 Å². The molecule has 0 amide bonds. The van der Waals surface area contributed by atoms with Crippen molar-refractivity contribution in [1.82, 2.24) is 9.21 Å². The van der Waals surface area contributed by atoms with Gasteiger partial charge in [-0.3, -0.25) is 4.90 Å². The van der Waals surface area contributed by atoms with Gasteiger partial charge in [-0.05, 0) is 48.5 Å². The molecule has 0 saturated carbocycles. The Kier molecular flexibility index (Phi) is 6.50. The summed E-state index contributed by atoms with van der Waals surface area (Å²) in [5, 5.41) is 8.83. The first-order valence-corrected chi connectivity index (χ1v) is 11.0. The third-order valence-corrected chi connectivity index (χ3v) is 7.35. The third-order valence-electron chi connectivity index (χ3n) is 4.44. The zero-order chi connectivity index (χ0) is 19.3. The van der Waals surface area contributed by atoms with Gasteiger partial charge in [0, 0.05) is 43.4 Å². The van der Waals surface area contributed by atoms with Gasteiger partial charge >= 0.3 is 0 Å². The number of sulfonamides is 1. The molecule has 2 aromatic rings. The lowest BCUT2D eigenvalue weighted by molar-refractivity contribution is 0.197. The summed E-state index contributed by atoms with van der Waals surface area (Å²) >= 11 is 1.66. The van der Waals surface area contributed by atoms with Crippen LogP contribution in [0, 0.1) is 17.1 Å². The zero-order valence-electron chi connectivity index (χ0n) is 14.7. The van der Waals surface area contributed by atoms with Crippen molar-refractivity contribution >= 4 is 21.8 Å². The monoisotopic (exact) mass is 405 g/mol. The summed E-state index contributed by atoms with van der Waals surface area (Å²) in [6.45, 7) is 3.11. The average Bonchev–Trinajstić information content (AvgIpc) is 2.70. The van der Waals surface area contributed by atoms with E-state index in [1.54, 1.807) is 23.9 Å². The molecule has 0 spiro atoms. The molecule has 0 bridgehead atoms. The maximum Gasteiger partial charge on any atom is 0.243 e. The molecule has 142 valence electrons. The molecule has 5 nitrogen and oxygen atoms in total. The highest BCUT2D eigenvalue weighted by Crippen LogP contribution is 2.20. The fourth-order valence-corrected chi connectivity index (χ4v) is 5.20. The van der Waals surface area contributed by atoms with Gasteiger partial charge in [-0.2, -0.15) is 9.57 Å². The van der Waals surface area contributed by atoms with Crippen LogP contribution >= 0.6 is 11.8 Å². The van der Waals surface area contributed by atoms with Gasteiger partial charge in [0.2, 0.25) is 10.0 Å². The lowest BCUT2D eigenvalue weighted by Gasteiger charge is -2.33. The second-order valence-electron chi connectivity index (χ2n) is 6.18. The fraction of sp³-hybridized carbons (Fsp3) is 0.316. The van der Waals surface area contributed by atoms with Gasteiger partial charge in [-0.15, -0.1) is 11.8 Å². The fourth-order valence-electron chi connectivity index (χ4n) is 2.87. The molecule has 1 saturated heterocycles. The minimum absolute atomic E-state index is 0.224. The van der Waals surface area contributed by atoms with E-state index >= 15 is 0 Å². The molecule has 3 rings (SSSR count). The first-order valence-electron chi connectivity index (χ1n) is 8.60. The van der Waals surface area contributed by atoms with Crippen molar-refractivity contribution in [1.29, 1.82) is 5.26 Å². The van der Waals surface area contributed by atoms with Gasteiger partial charge in [0.1, 0.15) is 5.82 Å². The Balaban J connectivity index is 1.49. The summed E-state index contributed by atoms with van der Waals surface area (Å²) in [6, 6.07) is 14.4. The van der Waals surface area contributed by atoms with Crippen LogP contribution in [0.4, 0.5) is 4.39 Å². The van der Waals surface area contributed by atoms with E-state index in [1.165, 1.54) is 40.7 Å². The van der Waals surface area contributed by atoms with Crippen LogP contribution in [0.5, 0.6) is 0 Å². The highest BCUT2D eigenvalue weighted by Gasteiger charge is 2.28. The van der Waals surface area contributed by atoms with Crippen LogP contribution in [-0.4, -0.2) is 56.1 Å². The Morgan fingerprint density at radius 3 is 2.22 bits per heavy atom. The number of hydrogen-bond acceptors (Lipinski definition) is 5. The molecule has 8 heteroatoms. The second-order valence-corrected chi connectivity index (χ2v) is 9.29. The number of rotatable bonds is 6. The van der Waals surface area contributed by atoms with E-state index in [1.807, 2.05) is 6.07 Å². The molecule has 0 unspecified atom stereocenters. The summed E-state index contributed by atoms with van der Waals surface area (Å²) in [5.74, 6) is 0.632. The predicted octanol–water partition coefficient (Wildman–Crippen LogP) is 2.80. The number of benzene rings is 2. The maximum absolute atomic E-state index is 12.9. The molecule has 1 fully saturated rings. The number of nitrogens with zero attached hydrogens (tertiary/aromatic N) is 3. The maximum atomic E-state index is 12.9. The first-order chi connectivity index (χ1) is 13.0. The van der Waals surface area contributed by atoms with Crippen LogP contribution in [-0.2, 0) is 10.0 Å². The lowest BCUT2D eigenvalue weighted by Crippen LogP contribution is -2.49. The van der Waals surface area contributed by atoms with Crippen molar-refractivity contribution in [3.05, 3.63) is 59.9 Å². The van der Waals surface area contributed by atoms with Crippen LogP contribution < -0.4 is 0 Å². The summed E-state index contributed by atoms with van der Waals surface area (Å²) < 4.78 is 39.8. The van der Waals surface area contributed by atoms with E-state index in [0.29, 0.717) is 31.7 Å². The normalized spacial score (nSPS) is 16.1. The second kappa shape index (κ2) is 8.85. The van der Waals surface area contributed by atoms with E-state index in [4.69, 9.17) is 5.26 Å². The predicted molar refractivity (Wildman–Crippen MR) is 103 cm³/mol. The SMILES string of the molecule is N#Cc1ccc(S(=O)(=O)N2CCN(CCSc3ccc(F)cc3)CC2)cc1. The Morgan fingerprint density at radius 1 is 1.00 bits per heavy atom. The largest absolute Gasteiger partial charge is 0.300 e. The number of thioether (sulfide) groups is 1. The highest BCUT2D eigenvalue weighted by atomic mass is 32.2. The van der Waals surface area contributed by atoms with Crippen molar-refractivity contribution in [2.24, 2.45) is 0 Å². The molecular weight excluding hydrogens is 385 g/mol. The van der Waals surface area contributed by atoms with Crippen LogP contribution in [0.1, 0.15) is 5.56 Å². The van der Waals surface area contributed by atoms with Gasteiger partial charge in [0.15, 0.2) is 0 Å². The van der Waals surface area contributed by atoms with Gasteiger partial charge < -0.3 is 0 Å². The molecule has 27 heavy (non-hydrogen) atoms. The Labute approximate surface area is 163 Å². The third kappa shape index (κ3) is 5.08. The van der Waals surface area contributed by atoms with E-state index in [2.05, 4.69) is 4.90 Å². The van der Waals surface area contributed by atoms with Crippen molar-refractivity contribution in [3.8, 4) is 6.07 Å². The molecule has 1 heterocycles. The molecule has 2 aromatic carbocycles. The van der Waals surface area contributed by atoms with Gasteiger partial charge in [0.25, 0.3) is 0 Å². The van der Waals surface area contributed by atoms with Crippen molar-refractivity contribution < 1.29 is 12.8 Å². The van der Waals surface area contributed by atoms with Gasteiger partial charge in [0.05, 0.1) is 16.5 Å². The van der Waals surface area contributed by atoms with Crippen LogP contribution in [0.25, 0.3) is 0 Å². The standard InChI is InChI=1S/C19H20FN3O2S2/c20-17-3-5-18(6-4-17)26-14-13-22-9-11-23(12-10-22)27(24,25)19-7-1-16(15-21)2-8-19/h1-8H,9-14H2. The number of halogens is 1. The van der Waals surface area contributed by atoms with E-state index in [0.717, 1.165) is 17.2 Å². The van der Waals surface area contributed by atoms with E-state index in [9.17, 15) is 12.8 Å². The highest BCUT2D eigenvalue weighted by molar-refractivity contribution is 7.99. The smallest absolute Gasteiger partial charge is 0.243 e. The lowest BCUT2D eigenvalue weighted by atomic mass is 10.2. The number of piperazine rings is 1. The van der Waals surface area contributed by atoms with Gasteiger partial charge in [-0.25, -0.2) is 12.8 Å². The molecule has 0 radical (unpaired) electrons. The minimum Gasteiger partial charge on any atom is -0.300 e. The number of hydrogen-bond donors (Lipinski definition) is 0. The minimum atomic E-state index is -3.52. The zero-order valence-corrected chi connectivity index (χ0v) is 16.3. The summed E-state index contributed by atoms with van der Waals surface area (Å²) in [5.41, 5.74) is 0.442. The van der Waals surface area contributed by atoms with E-state index in [-0.39, 0.29) is 10.7 Å². The molecule has 0 aromatic heterocycles. The van der Waals surface area contributed by atoms with Crippen LogP contribution in [0.2, 0.25) is 0 Å². The van der Waals surface area contributed by atoms with Crippen molar-refractivity contribution in [3.63, 3.8) is 0 Å². The Hall–Kier alpha value is -1.92. The number of nitriles is 1. The molecule has 1 aliphatic rings. The summed E-state index contributed by atoms with van der Waals surface area (Å²) in [7, 11) is -3.52. The topological polar surface area (TPSA) is 64.4 Å². The quantitative estimate of drug-likeness (QED) is 0.692. The molecule has 0 aliphatic carbocycles. The molecular formula is C19H20FN3O2S2. The molecule has 0 N–H and O–H groups in total. The van der Waals surface area contributed by atoms with Crippen molar-refractivity contribution in [2.45, 2.75) is 9.79 Å². The van der Waals surface area contributed by atoms with E-state index < -0.39 is 10.0 Å². The summed E-state index contributed by atoms with van der Waals surface area (Å²) in [4.78, 5) is 3.49. The molecule has 0 atom stereocenters. The Bertz CT molecular complexity index is 901. The summed E-state index contributed by atoms with van der Waals surface area (Å²) in [6.07, 6.45) is 0.